The number of H-pyrrole nitrogens is 1. The molecule has 0 aliphatic heterocycles. The van der Waals surface area contributed by atoms with Crippen LogP contribution in [0, 0.1) is 0 Å². The maximum atomic E-state index is 5.29. The molecule has 4 heteroatoms. The maximum absolute atomic E-state index is 5.29. The van der Waals surface area contributed by atoms with Crippen LogP contribution in [0.5, 0.6) is 5.75 Å². The Balaban J connectivity index is 1.76. The average molecular weight is 241 g/mol. The fraction of sp³-hybridized carbons (Fsp3) is 0.357. The van der Waals surface area contributed by atoms with Crippen molar-refractivity contribution in [1.29, 1.82) is 0 Å². The third kappa shape index (κ3) is 1.41. The van der Waals surface area contributed by atoms with Gasteiger partial charge in [0, 0.05) is 23.6 Å². The fourth-order valence-electron chi connectivity index (χ4n) is 2.56. The van der Waals surface area contributed by atoms with E-state index in [0.29, 0.717) is 6.04 Å². The van der Waals surface area contributed by atoms with Gasteiger partial charge >= 0.3 is 0 Å². The Labute approximate surface area is 105 Å². The largest absolute Gasteiger partial charge is 0.497 e. The molecule has 0 atom stereocenters. The normalized spacial score (nSPS) is 16.3. The smallest absolute Gasteiger partial charge is 0.152 e. The summed E-state index contributed by atoms with van der Waals surface area (Å²) in [4.78, 5) is 0. The molecule has 1 saturated carbocycles. The molecule has 0 unspecified atom stereocenters. The van der Waals surface area contributed by atoms with Gasteiger partial charge in [-0.25, -0.2) is 0 Å². The first-order valence-corrected chi connectivity index (χ1v) is 6.36. The molecule has 92 valence electrons. The second-order valence-corrected chi connectivity index (χ2v) is 5.04. The molecule has 1 fully saturated rings. The summed E-state index contributed by atoms with van der Waals surface area (Å²) in [6.07, 6.45) is 3.49. The van der Waals surface area contributed by atoms with Gasteiger partial charge in [-0.15, -0.1) is 0 Å². The minimum absolute atomic E-state index is 0.635. The SMILES string of the molecule is COc1ccc2c(c1)-c1[nH]nc(NC3CC3)c1C2. The van der Waals surface area contributed by atoms with Gasteiger partial charge in [0.2, 0.25) is 0 Å². The number of hydrogen-bond donors (Lipinski definition) is 2. The van der Waals surface area contributed by atoms with Gasteiger partial charge in [-0.05, 0) is 30.5 Å². The molecule has 1 aromatic carbocycles. The van der Waals surface area contributed by atoms with Crippen LogP contribution in [0.2, 0.25) is 0 Å². The van der Waals surface area contributed by atoms with Gasteiger partial charge in [-0.2, -0.15) is 5.10 Å². The summed E-state index contributed by atoms with van der Waals surface area (Å²) >= 11 is 0. The molecule has 1 aromatic heterocycles. The summed E-state index contributed by atoms with van der Waals surface area (Å²) in [7, 11) is 1.70. The Hall–Kier alpha value is -1.97. The number of rotatable bonds is 3. The van der Waals surface area contributed by atoms with Gasteiger partial charge in [0.1, 0.15) is 5.75 Å². The molecular weight excluding hydrogens is 226 g/mol. The molecule has 2 N–H and O–H groups in total. The van der Waals surface area contributed by atoms with Crippen molar-refractivity contribution >= 4 is 5.82 Å². The highest BCUT2D eigenvalue weighted by Gasteiger charge is 2.28. The van der Waals surface area contributed by atoms with Crippen molar-refractivity contribution in [3.63, 3.8) is 0 Å². The van der Waals surface area contributed by atoms with E-state index < -0.39 is 0 Å². The van der Waals surface area contributed by atoms with E-state index in [4.69, 9.17) is 4.74 Å². The van der Waals surface area contributed by atoms with E-state index >= 15 is 0 Å². The van der Waals surface area contributed by atoms with Gasteiger partial charge in [0.25, 0.3) is 0 Å². The second kappa shape index (κ2) is 3.51. The van der Waals surface area contributed by atoms with Crippen molar-refractivity contribution in [3.8, 4) is 17.0 Å². The van der Waals surface area contributed by atoms with E-state index in [1.165, 1.54) is 29.5 Å². The average Bonchev–Trinajstić information content (AvgIpc) is 3.01. The monoisotopic (exact) mass is 241 g/mol. The van der Waals surface area contributed by atoms with Crippen LogP contribution in [0.25, 0.3) is 11.3 Å². The Kier molecular flexibility index (Phi) is 1.95. The van der Waals surface area contributed by atoms with Crippen LogP contribution in [0.3, 0.4) is 0 Å². The first-order valence-electron chi connectivity index (χ1n) is 6.36. The quantitative estimate of drug-likeness (QED) is 0.741. The topological polar surface area (TPSA) is 49.9 Å². The molecule has 4 rings (SSSR count). The van der Waals surface area contributed by atoms with Gasteiger partial charge < -0.3 is 10.1 Å². The number of nitrogens with zero attached hydrogens (tertiary/aromatic N) is 1. The number of nitrogens with one attached hydrogen (secondary N) is 2. The zero-order valence-corrected chi connectivity index (χ0v) is 10.3. The predicted octanol–water partition coefficient (Wildman–Crippen LogP) is 2.56. The molecule has 1 heterocycles. The van der Waals surface area contributed by atoms with E-state index in [2.05, 4.69) is 27.6 Å². The van der Waals surface area contributed by atoms with Crippen molar-refractivity contribution in [2.75, 3.05) is 12.4 Å². The first kappa shape index (κ1) is 10.00. The van der Waals surface area contributed by atoms with E-state index in [1.54, 1.807) is 7.11 Å². The van der Waals surface area contributed by atoms with Crippen LogP contribution in [-0.2, 0) is 6.42 Å². The van der Waals surface area contributed by atoms with Gasteiger partial charge in [0.05, 0.1) is 12.8 Å². The summed E-state index contributed by atoms with van der Waals surface area (Å²) in [5.41, 5.74) is 5.01. The Morgan fingerprint density at radius 2 is 2.28 bits per heavy atom. The third-order valence-electron chi connectivity index (χ3n) is 3.74. The molecule has 4 nitrogen and oxygen atoms in total. The summed E-state index contributed by atoms with van der Waals surface area (Å²) in [5, 5.41) is 11.0. The Morgan fingerprint density at radius 1 is 1.39 bits per heavy atom. The Morgan fingerprint density at radius 3 is 3.06 bits per heavy atom. The number of benzene rings is 1. The minimum atomic E-state index is 0.635. The van der Waals surface area contributed by atoms with Crippen LogP contribution in [0.1, 0.15) is 24.0 Å². The number of fused-ring (bicyclic) bond motifs is 3. The highest BCUT2D eigenvalue weighted by Crippen LogP contribution is 2.41. The van der Waals surface area contributed by atoms with E-state index in [9.17, 15) is 0 Å². The number of aromatic nitrogens is 2. The predicted molar refractivity (Wildman–Crippen MR) is 70.0 cm³/mol. The molecule has 0 amide bonds. The number of hydrogen-bond acceptors (Lipinski definition) is 3. The second-order valence-electron chi connectivity index (χ2n) is 5.04. The van der Waals surface area contributed by atoms with E-state index in [-0.39, 0.29) is 0 Å². The van der Waals surface area contributed by atoms with Crippen LogP contribution >= 0.6 is 0 Å². The molecule has 2 aromatic rings. The number of ether oxygens (including phenoxy) is 1. The van der Waals surface area contributed by atoms with Crippen molar-refractivity contribution < 1.29 is 4.74 Å². The Bertz CT molecular complexity index is 613. The zero-order valence-electron chi connectivity index (χ0n) is 10.3. The van der Waals surface area contributed by atoms with Gasteiger partial charge in [-0.1, -0.05) is 6.07 Å². The highest BCUT2D eigenvalue weighted by molar-refractivity contribution is 5.79. The molecule has 0 spiro atoms. The number of aromatic amines is 1. The van der Waals surface area contributed by atoms with Crippen LogP contribution < -0.4 is 10.1 Å². The molecule has 0 radical (unpaired) electrons. The lowest BCUT2D eigenvalue weighted by molar-refractivity contribution is 0.415. The van der Waals surface area contributed by atoms with Gasteiger partial charge in [-0.3, -0.25) is 5.10 Å². The van der Waals surface area contributed by atoms with Crippen molar-refractivity contribution in [2.24, 2.45) is 0 Å². The highest BCUT2D eigenvalue weighted by atomic mass is 16.5. The van der Waals surface area contributed by atoms with Crippen LogP contribution in [0.15, 0.2) is 18.2 Å². The van der Waals surface area contributed by atoms with Crippen molar-refractivity contribution in [2.45, 2.75) is 25.3 Å². The zero-order chi connectivity index (χ0) is 12.1. The lowest BCUT2D eigenvalue weighted by atomic mass is 10.1. The standard InChI is InChI=1S/C14H15N3O/c1-18-10-5-2-8-6-12-13(11(8)7-10)16-17-14(12)15-9-3-4-9/h2,5,7,9H,3-4,6H2,1H3,(H2,15,16,17). The molecule has 2 aliphatic rings. The molecule has 2 aliphatic carbocycles. The summed E-state index contributed by atoms with van der Waals surface area (Å²) in [6, 6.07) is 6.88. The maximum Gasteiger partial charge on any atom is 0.152 e. The first-order chi connectivity index (χ1) is 8.85. The van der Waals surface area contributed by atoms with Gasteiger partial charge in [0.15, 0.2) is 5.82 Å². The van der Waals surface area contributed by atoms with E-state index in [0.717, 1.165) is 23.7 Å². The minimum Gasteiger partial charge on any atom is -0.497 e. The van der Waals surface area contributed by atoms with Crippen molar-refractivity contribution in [3.05, 3.63) is 29.3 Å². The van der Waals surface area contributed by atoms with E-state index in [1.807, 2.05) is 6.07 Å². The molecule has 18 heavy (non-hydrogen) atoms. The molecular formula is C14H15N3O. The lowest BCUT2D eigenvalue weighted by Crippen LogP contribution is -2.03. The summed E-state index contributed by atoms with van der Waals surface area (Å²) in [5.74, 6) is 1.93. The van der Waals surface area contributed by atoms with Crippen LogP contribution in [-0.4, -0.2) is 23.3 Å². The van der Waals surface area contributed by atoms with Crippen LogP contribution in [0.4, 0.5) is 5.82 Å². The fourth-order valence-corrected chi connectivity index (χ4v) is 2.56. The third-order valence-corrected chi connectivity index (χ3v) is 3.74. The summed E-state index contributed by atoms with van der Waals surface area (Å²) < 4.78 is 5.29. The molecule has 0 bridgehead atoms. The lowest BCUT2D eigenvalue weighted by Gasteiger charge is -2.03. The summed E-state index contributed by atoms with van der Waals surface area (Å²) in [6.45, 7) is 0. The number of anilines is 1. The number of methoxy groups -OCH3 is 1. The molecule has 0 saturated heterocycles. The van der Waals surface area contributed by atoms with Crippen molar-refractivity contribution in [1.82, 2.24) is 10.2 Å².